The average molecular weight is 330 g/mol. The summed E-state index contributed by atoms with van der Waals surface area (Å²) in [4.78, 5) is 12.1. The van der Waals surface area contributed by atoms with E-state index in [0.29, 0.717) is 26.4 Å². The van der Waals surface area contributed by atoms with Crippen molar-refractivity contribution in [3.8, 4) is 5.75 Å². The van der Waals surface area contributed by atoms with Gasteiger partial charge in [-0.1, -0.05) is 40.9 Å². The molecule has 0 saturated heterocycles. The number of hydrogen-bond donors (Lipinski definition) is 0. The van der Waals surface area contributed by atoms with E-state index in [9.17, 15) is 4.79 Å². The van der Waals surface area contributed by atoms with Gasteiger partial charge in [0.05, 0.1) is 5.02 Å². The molecule has 2 nitrogen and oxygen atoms in total. The van der Waals surface area contributed by atoms with Crippen molar-refractivity contribution in [2.75, 3.05) is 6.61 Å². The Hall–Kier alpha value is -1.22. The van der Waals surface area contributed by atoms with Gasteiger partial charge in [-0.3, -0.25) is 4.79 Å². The predicted molar refractivity (Wildman–Crippen MR) is 82.5 cm³/mol. The molecule has 2 aromatic carbocycles. The summed E-state index contributed by atoms with van der Waals surface area (Å²) in [6, 6.07) is 10.0. The topological polar surface area (TPSA) is 26.3 Å². The maximum Gasteiger partial charge on any atom is 0.201 e. The fourth-order valence-electron chi connectivity index (χ4n) is 1.67. The summed E-state index contributed by atoms with van der Waals surface area (Å²) in [5.74, 6) is 0.363. The SMILES string of the molecule is Cc1ccc(Cl)cc1OCC(=O)c1ccc(Cl)cc1Cl. The number of ether oxygens (including phenoxy) is 1. The summed E-state index contributed by atoms with van der Waals surface area (Å²) in [6.07, 6.45) is 0. The van der Waals surface area contributed by atoms with E-state index in [-0.39, 0.29) is 12.4 Å². The molecule has 0 heterocycles. The van der Waals surface area contributed by atoms with Gasteiger partial charge in [-0.05, 0) is 42.8 Å². The molecule has 0 aliphatic rings. The zero-order chi connectivity index (χ0) is 14.7. The Labute approximate surface area is 132 Å². The van der Waals surface area contributed by atoms with Crippen molar-refractivity contribution in [1.82, 2.24) is 0 Å². The number of Topliss-reactive ketones (excluding diaryl/α,β-unsaturated/α-hetero) is 1. The lowest BCUT2D eigenvalue weighted by Gasteiger charge is -2.09. The van der Waals surface area contributed by atoms with Gasteiger partial charge in [0.2, 0.25) is 5.78 Å². The van der Waals surface area contributed by atoms with Gasteiger partial charge in [0, 0.05) is 15.6 Å². The molecule has 0 radical (unpaired) electrons. The van der Waals surface area contributed by atoms with Crippen molar-refractivity contribution in [3.05, 3.63) is 62.6 Å². The van der Waals surface area contributed by atoms with Crippen LogP contribution >= 0.6 is 34.8 Å². The van der Waals surface area contributed by atoms with Crippen molar-refractivity contribution in [2.45, 2.75) is 6.92 Å². The molecule has 0 spiro atoms. The molecule has 2 rings (SSSR count). The van der Waals surface area contributed by atoms with Gasteiger partial charge in [0.1, 0.15) is 5.75 Å². The van der Waals surface area contributed by atoms with Crippen LogP contribution in [0.25, 0.3) is 0 Å². The quantitative estimate of drug-likeness (QED) is 0.719. The van der Waals surface area contributed by atoms with Gasteiger partial charge in [0.15, 0.2) is 6.61 Å². The second-order valence-corrected chi connectivity index (χ2v) is 5.53. The minimum absolute atomic E-state index is 0.109. The number of hydrogen-bond acceptors (Lipinski definition) is 2. The van der Waals surface area contributed by atoms with E-state index < -0.39 is 0 Å². The van der Waals surface area contributed by atoms with Crippen LogP contribution in [0.4, 0.5) is 0 Å². The van der Waals surface area contributed by atoms with Crippen molar-refractivity contribution in [2.24, 2.45) is 0 Å². The van der Waals surface area contributed by atoms with Crippen LogP contribution in [0.5, 0.6) is 5.75 Å². The Morgan fingerprint density at radius 3 is 2.40 bits per heavy atom. The highest BCUT2D eigenvalue weighted by Crippen LogP contribution is 2.24. The standard InChI is InChI=1S/C15H11Cl3O2/c1-9-2-3-11(17)7-15(9)20-8-14(19)12-5-4-10(16)6-13(12)18/h2-7H,8H2,1H3. The first-order valence-electron chi connectivity index (χ1n) is 5.84. The lowest BCUT2D eigenvalue weighted by molar-refractivity contribution is 0.0921. The van der Waals surface area contributed by atoms with Crippen LogP contribution < -0.4 is 4.74 Å². The monoisotopic (exact) mass is 328 g/mol. The summed E-state index contributed by atoms with van der Waals surface area (Å²) in [7, 11) is 0. The van der Waals surface area contributed by atoms with Crippen molar-refractivity contribution in [3.63, 3.8) is 0 Å². The molecule has 104 valence electrons. The van der Waals surface area contributed by atoms with Crippen LogP contribution in [0.15, 0.2) is 36.4 Å². The fraction of sp³-hybridized carbons (Fsp3) is 0.133. The molecular formula is C15H11Cl3O2. The largest absolute Gasteiger partial charge is 0.485 e. The van der Waals surface area contributed by atoms with Gasteiger partial charge in [-0.25, -0.2) is 0 Å². The summed E-state index contributed by atoms with van der Waals surface area (Å²) < 4.78 is 5.49. The first kappa shape index (κ1) is 15.2. The van der Waals surface area contributed by atoms with Crippen molar-refractivity contribution in [1.29, 1.82) is 0 Å². The Balaban J connectivity index is 2.10. The highest BCUT2D eigenvalue weighted by molar-refractivity contribution is 6.36. The van der Waals surface area contributed by atoms with E-state index in [2.05, 4.69) is 0 Å². The third-order valence-electron chi connectivity index (χ3n) is 2.74. The lowest BCUT2D eigenvalue weighted by Crippen LogP contribution is -2.12. The molecule has 2 aromatic rings. The first-order valence-corrected chi connectivity index (χ1v) is 6.98. The van der Waals surface area contributed by atoms with E-state index in [0.717, 1.165) is 5.56 Å². The lowest BCUT2D eigenvalue weighted by atomic mass is 10.1. The van der Waals surface area contributed by atoms with E-state index in [4.69, 9.17) is 39.5 Å². The normalized spacial score (nSPS) is 10.4. The number of carbonyl (C=O) groups is 1. The molecule has 5 heteroatoms. The zero-order valence-electron chi connectivity index (χ0n) is 10.6. The Kier molecular flexibility index (Phi) is 4.92. The van der Waals surface area contributed by atoms with E-state index >= 15 is 0 Å². The minimum atomic E-state index is -0.217. The molecule has 0 N–H and O–H groups in total. The number of rotatable bonds is 4. The molecule has 0 aliphatic heterocycles. The number of aryl methyl sites for hydroxylation is 1. The van der Waals surface area contributed by atoms with Crippen LogP contribution in [0.1, 0.15) is 15.9 Å². The number of ketones is 1. The highest BCUT2D eigenvalue weighted by Gasteiger charge is 2.12. The van der Waals surface area contributed by atoms with Crippen molar-refractivity contribution < 1.29 is 9.53 Å². The predicted octanol–water partition coefficient (Wildman–Crippen LogP) is 5.22. The zero-order valence-corrected chi connectivity index (χ0v) is 12.9. The van der Waals surface area contributed by atoms with Crippen LogP contribution in [0.3, 0.4) is 0 Å². The Bertz CT molecular complexity index is 654. The third-order valence-corrected chi connectivity index (χ3v) is 3.52. The summed E-state index contributed by atoms with van der Waals surface area (Å²) in [5, 5.41) is 1.36. The van der Waals surface area contributed by atoms with Gasteiger partial charge < -0.3 is 4.74 Å². The second-order valence-electron chi connectivity index (χ2n) is 4.25. The van der Waals surface area contributed by atoms with E-state index in [1.165, 1.54) is 6.07 Å². The van der Waals surface area contributed by atoms with Gasteiger partial charge in [-0.15, -0.1) is 0 Å². The van der Waals surface area contributed by atoms with Crippen LogP contribution in [-0.4, -0.2) is 12.4 Å². The second kappa shape index (κ2) is 6.49. The molecule has 0 aliphatic carbocycles. The van der Waals surface area contributed by atoms with E-state index in [1.807, 2.05) is 13.0 Å². The number of benzene rings is 2. The molecule has 0 saturated carbocycles. The maximum absolute atomic E-state index is 12.1. The molecule has 0 bridgehead atoms. The van der Waals surface area contributed by atoms with Gasteiger partial charge in [-0.2, -0.15) is 0 Å². The number of halogens is 3. The minimum Gasteiger partial charge on any atom is -0.485 e. The Morgan fingerprint density at radius 1 is 1.05 bits per heavy atom. The van der Waals surface area contributed by atoms with Crippen LogP contribution in [0, 0.1) is 6.92 Å². The molecule has 0 atom stereocenters. The molecule has 0 aromatic heterocycles. The van der Waals surface area contributed by atoms with Crippen LogP contribution in [-0.2, 0) is 0 Å². The summed E-state index contributed by atoms with van der Waals surface area (Å²) in [5.41, 5.74) is 1.29. The third kappa shape index (κ3) is 3.66. The first-order chi connectivity index (χ1) is 9.47. The average Bonchev–Trinajstić information content (AvgIpc) is 2.39. The Morgan fingerprint density at radius 2 is 1.70 bits per heavy atom. The van der Waals surface area contributed by atoms with Gasteiger partial charge in [0.25, 0.3) is 0 Å². The van der Waals surface area contributed by atoms with E-state index in [1.54, 1.807) is 24.3 Å². The molecular weight excluding hydrogens is 319 g/mol. The van der Waals surface area contributed by atoms with Crippen LogP contribution in [0.2, 0.25) is 15.1 Å². The maximum atomic E-state index is 12.1. The number of carbonyl (C=O) groups excluding carboxylic acids is 1. The molecule has 20 heavy (non-hydrogen) atoms. The molecule has 0 amide bonds. The van der Waals surface area contributed by atoms with Gasteiger partial charge >= 0.3 is 0 Å². The summed E-state index contributed by atoms with van der Waals surface area (Å²) >= 11 is 17.7. The highest BCUT2D eigenvalue weighted by atomic mass is 35.5. The molecule has 0 fully saturated rings. The fourth-order valence-corrected chi connectivity index (χ4v) is 2.34. The van der Waals surface area contributed by atoms with Crippen molar-refractivity contribution >= 4 is 40.6 Å². The molecule has 0 unspecified atom stereocenters. The smallest absolute Gasteiger partial charge is 0.201 e. The summed E-state index contributed by atoms with van der Waals surface area (Å²) in [6.45, 7) is 1.77.